The van der Waals surface area contributed by atoms with Crippen LogP contribution >= 0.6 is 23.2 Å². The van der Waals surface area contributed by atoms with Crippen LogP contribution in [0.5, 0.6) is 0 Å². The van der Waals surface area contributed by atoms with Crippen molar-refractivity contribution in [3.63, 3.8) is 0 Å². The monoisotopic (exact) mass is 554 g/mol. The summed E-state index contributed by atoms with van der Waals surface area (Å²) in [7, 11) is -4.38. The van der Waals surface area contributed by atoms with Crippen LogP contribution in [0.3, 0.4) is 0 Å². The summed E-state index contributed by atoms with van der Waals surface area (Å²) < 4.78 is 85.3. The molecule has 200 valence electrons. The first-order valence-corrected chi connectivity index (χ1v) is 9.61. The van der Waals surface area contributed by atoms with Gasteiger partial charge in [-0.05, 0) is 0 Å². The largest absolute Gasteiger partial charge is 0.673 e. The molecule has 0 radical (unpaired) electrons. The maximum atomic E-state index is 10.6. The van der Waals surface area contributed by atoms with Gasteiger partial charge in [0, 0.05) is 26.2 Å². The molecular weight excluding hydrogens is 529 g/mol. The molecule has 0 unspecified atom stereocenters. The minimum Gasteiger partial charge on any atom is -0.429 e. The number of carbonyl (C=O) groups excluding carboxylic acids is 2. The van der Waals surface area contributed by atoms with Crippen molar-refractivity contribution in [1.82, 2.24) is 14.1 Å². The standard InChI is InChI=1S/C6H9N2O.C5H6N2O.C3H9O.CH2Cl2.2BF4/c1-6(9)8-4-3-7(2)5-8;1-5(8)7-3-2-6-4-7;1-4(2)3;2-1-3;2*2-1(3,4)5/h3-5H,1-2H3;2-4H,1H3;1-3H3;1H2;;/q+1;;+1;;2*-1. The molecule has 0 atom stereocenters. The van der Waals surface area contributed by atoms with Crippen molar-refractivity contribution in [2.45, 2.75) is 13.8 Å². The third-order valence-electron chi connectivity index (χ3n) is 2.00. The van der Waals surface area contributed by atoms with Crippen molar-refractivity contribution in [3.05, 3.63) is 37.4 Å². The van der Waals surface area contributed by atoms with Crippen molar-refractivity contribution < 1.29 is 53.0 Å². The van der Waals surface area contributed by atoms with Crippen molar-refractivity contribution in [2.24, 2.45) is 7.05 Å². The molecule has 0 amide bonds. The lowest BCUT2D eigenvalue weighted by molar-refractivity contribution is -0.670. The SMILES string of the molecule is CC(=O)n1cc[n+](C)c1.CC(=O)n1ccnc1.C[O+](C)C.ClCCl.F[B-](F)(F)F.F[B-](F)(F)F. The lowest BCUT2D eigenvalue weighted by Crippen LogP contribution is -2.24. The number of halogens is 10. The van der Waals surface area contributed by atoms with Crippen LogP contribution in [0.15, 0.2) is 37.4 Å². The Morgan fingerprint density at radius 3 is 1.32 bits per heavy atom. The molecule has 0 aromatic carbocycles. The van der Waals surface area contributed by atoms with Gasteiger partial charge in [-0.25, -0.2) is 14.3 Å². The van der Waals surface area contributed by atoms with Gasteiger partial charge in [0.05, 0.1) is 12.4 Å². The van der Waals surface area contributed by atoms with Gasteiger partial charge in [-0.15, -0.1) is 23.2 Å². The Morgan fingerprint density at radius 1 is 0.882 bits per heavy atom. The van der Waals surface area contributed by atoms with Crippen LogP contribution < -0.4 is 4.57 Å². The van der Waals surface area contributed by atoms with Crippen LogP contribution in [0.2, 0.25) is 0 Å². The molecule has 0 saturated heterocycles. The van der Waals surface area contributed by atoms with Gasteiger partial charge in [0.25, 0.3) is 6.33 Å². The molecule has 2 rings (SSSR count). The summed E-state index contributed by atoms with van der Waals surface area (Å²) in [6.45, 7) is 3.02. The highest BCUT2D eigenvalue weighted by Crippen LogP contribution is 2.07. The maximum absolute atomic E-state index is 10.6. The first-order valence-electron chi connectivity index (χ1n) is 8.54. The Labute approximate surface area is 202 Å². The van der Waals surface area contributed by atoms with Gasteiger partial charge >= 0.3 is 20.4 Å². The Bertz CT molecular complexity index is 735. The zero-order valence-corrected chi connectivity index (χ0v) is 20.6. The number of hydrogen-bond donors (Lipinski definition) is 0. The van der Waals surface area contributed by atoms with Crippen LogP contribution in [0.1, 0.15) is 23.4 Å². The molecule has 19 heteroatoms. The number of imidazole rings is 2. The maximum Gasteiger partial charge on any atom is 0.673 e. The fraction of sp³-hybridized carbons (Fsp3) is 0.467. The summed E-state index contributed by atoms with van der Waals surface area (Å²) in [6, 6.07) is 0. The summed E-state index contributed by atoms with van der Waals surface area (Å²) >= 11 is 9.53. The highest BCUT2D eigenvalue weighted by molar-refractivity contribution is 6.50. The van der Waals surface area contributed by atoms with E-state index in [2.05, 4.69) is 9.35 Å². The van der Waals surface area contributed by atoms with Crippen molar-refractivity contribution in [2.75, 3.05) is 26.7 Å². The number of rotatable bonds is 0. The van der Waals surface area contributed by atoms with E-state index in [1.54, 1.807) is 24.9 Å². The average Bonchev–Trinajstić information content (AvgIpc) is 3.23. The topological polar surface area (TPSA) is 63.5 Å². The van der Waals surface area contributed by atoms with E-state index in [9.17, 15) is 44.1 Å². The predicted octanol–water partition coefficient (Wildman–Crippen LogP) is 4.97. The van der Waals surface area contributed by atoms with Crippen LogP contribution in [0.4, 0.5) is 34.5 Å². The van der Waals surface area contributed by atoms with Gasteiger partial charge in [-0.2, -0.15) is 4.57 Å². The lowest BCUT2D eigenvalue weighted by atomic mass is 10.3. The molecule has 0 fully saturated rings. The molecule has 0 spiro atoms. The zero-order valence-electron chi connectivity index (χ0n) is 19.1. The Hall–Kier alpha value is -2.13. The molecule has 2 aromatic rings. The molecule has 0 aliphatic rings. The highest BCUT2D eigenvalue weighted by atomic mass is 35.5. The fourth-order valence-corrected chi connectivity index (χ4v) is 1.08. The quantitative estimate of drug-likeness (QED) is 0.152. The van der Waals surface area contributed by atoms with Gasteiger partial charge in [-0.1, -0.05) is 0 Å². The average molecular weight is 555 g/mol. The summed E-state index contributed by atoms with van der Waals surface area (Å²) in [5, 5.41) is 0.194. The normalized spacial score (nSPS) is 9.79. The number of nitrogens with zero attached hydrogens (tertiary/aromatic N) is 4. The first-order chi connectivity index (χ1) is 15.1. The number of alkyl halides is 2. The highest BCUT2D eigenvalue weighted by Gasteiger charge is 2.21. The smallest absolute Gasteiger partial charge is 0.429 e. The van der Waals surface area contributed by atoms with Crippen LogP contribution in [0.25, 0.3) is 0 Å². The number of aryl methyl sites for hydroxylation is 1. The van der Waals surface area contributed by atoms with E-state index in [1.165, 1.54) is 29.3 Å². The fourth-order valence-electron chi connectivity index (χ4n) is 1.08. The Morgan fingerprint density at radius 2 is 1.21 bits per heavy atom. The second-order valence-corrected chi connectivity index (χ2v) is 6.62. The van der Waals surface area contributed by atoms with Gasteiger partial charge < -0.3 is 38.9 Å². The third-order valence-corrected chi connectivity index (χ3v) is 2.00. The molecule has 2 heterocycles. The minimum atomic E-state index is -6.00. The van der Waals surface area contributed by atoms with Crippen molar-refractivity contribution in [3.8, 4) is 0 Å². The first kappa shape index (κ1) is 39.1. The van der Waals surface area contributed by atoms with Crippen LogP contribution in [0, 0.1) is 0 Å². The van der Waals surface area contributed by atoms with E-state index in [0.29, 0.717) is 0 Å². The number of carbonyl (C=O) groups is 2. The molecule has 0 aliphatic carbocycles. The summed E-state index contributed by atoms with van der Waals surface area (Å²) in [4.78, 5) is 24.7. The summed E-state index contributed by atoms with van der Waals surface area (Å²) in [6.07, 6.45) is 9.93. The molecule has 2 aromatic heterocycles. The van der Waals surface area contributed by atoms with E-state index in [-0.39, 0.29) is 17.2 Å². The molecule has 34 heavy (non-hydrogen) atoms. The van der Waals surface area contributed by atoms with Gasteiger partial charge in [-0.3, -0.25) is 9.36 Å². The Balaban J connectivity index is -0.000000166. The summed E-state index contributed by atoms with van der Waals surface area (Å²) in [5.41, 5.74) is 0. The van der Waals surface area contributed by atoms with Crippen LogP contribution in [-0.2, 0) is 11.4 Å². The molecule has 7 nitrogen and oxygen atoms in total. The van der Waals surface area contributed by atoms with E-state index >= 15 is 0 Å². The molecule has 0 N–H and O–H groups in total. The zero-order chi connectivity index (χ0) is 28.1. The van der Waals surface area contributed by atoms with Gasteiger partial charge in [0.2, 0.25) is 5.91 Å². The van der Waals surface area contributed by atoms with Crippen LogP contribution in [-0.4, -0.2) is 67.1 Å². The Kier molecular flexibility index (Phi) is 24.6. The number of hydrogen-bond acceptors (Lipinski definition) is 3. The summed E-state index contributed by atoms with van der Waals surface area (Å²) in [5.74, 6) is 0.0260. The number of aromatic nitrogens is 4. The molecule has 0 saturated carbocycles. The van der Waals surface area contributed by atoms with Gasteiger partial charge in [0.1, 0.15) is 40.1 Å². The minimum absolute atomic E-state index is 0.0116. The van der Waals surface area contributed by atoms with E-state index in [1.807, 2.05) is 39.1 Å². The van der Waals surface area contributed by atoms with E-state index in [0.717, 1.165) is 0 Å². The van der Waals surface area contributed by atoms with Crippen molar-refractivity contribution in [1.29, 1.82) is 0 Å². The third kappa shape index (κ3) is 52.1. The predicted molar refractivity (Wildman–Crippen MR) is 116 cm³/mol. The lowest BCUT2D eigenvalue weighted by Gasteiger charge is -1.94. The molecule has 0 aliphatic heterocycles. The van der Waals surface area contributed by atoms with Gasteiger partial charge in [0.15, 0.2) is 0 Å². The molecular formula is C15H26B2Cl2F8N4O3. The molecule has 0 bridgehead atoms. The van der Waals surface area contributed by atoms with E-state index < -0.39 is 14.5 Å². The second kappa shape index (κ2) is 21.4. The second-order valence-electron chi connectivity index (χ2n) is 5.81. The van der Waals surface area contributed by atoms with E-state index in [4.69, 9.17) is 23.2 Å². The van der Waals surface area contributed by atoms with Crippen molar-refractivity contribution >= 4 is 49.5 Å².